The summed E-state index contributed by atoms with van der Waals surface area (Å²) in [7, 11) is 0. The predicted molar refractivity (Wildman–Crippen MR) is 102 cm³/mol. The Bertz CT molecular complexity index is 1290. The van der Waals surface area contributed by atoms with Crippen LogP contribution in [0, 0.1) is 6.92 Å². The van der Waals surface area contributed by atoms with Gasteiger partial charge >= 0.3 is 5.63 Å². The molecule has 7 heteroatoms. The number of benzene rings is 2. The Morgan fingerprint density at radius 1 is 1.08 bits per heavy atom. The first-order valence-electron chi connectivity index (χ1n) is 7.80. The van der Waals surface area contributed by atoms with Crippen LogP contribution in [0.5, 0.6) is 0 Å². The molecule has 4 aromatic rings. The zero-order valence-electron chi connectivity index (χ0n) is 13.6. The summed E-state index contributed by atoms with van der Waals surface area (Å²) >= 11 is 12.1. The molecule has 26 heavy (non-hydrogen) atoms. The molecule has 0 unspecified atom stereocenters. The Morgan fingerprint density at radius 3 is 2.69 bits per heavy atom. The van der Waals surface area contributed by atoms with Crippen LogP contribution in [0.15, 0.2) is 56.7 Å². The molecule has 4 rings (SSSR count). The molecule has 0 aliphatic carbocycles. The lowest BCUT2D eigenvalue weighted by atomic mass is 10.1. The molecule has 0 N–H and O–H groups in total. The van der Waals surface area contributed by atoms with Crippen LogP contribution in [0.3, 0.4) is 0 Å². The van der Waals surface area contributed by atoms with Crippen LogP contribution in [0.1, 0.15) is 11.1 Å². The van der Waals surface area contributed by atoms with Crippen LogP contribution in [-0.2, 0) is 6.54 Å². The highest BCUT2D eigenvalue weighted by molar-refractivity contribution is 6.38. The highest BCUT2D eigenvalue weighted by Gasteiger charge is 2.12. The van der Waals surface area contributed by atoms with Crippen molar-refractivity contribution in [2.45, 2.75) is 13.5 Å². The minimum absolute atomic E-state index is 0.178. The number of aryl methyl sites for hydroxylation is 1. The zero-order valence-corrected chi connectivity index (χ0v) is 15.1. The van der Waals surface area contributed by atoms with E-state index in [2.05, 4.69) is 4.98 Å². The molecular weight excluding hydrogens is 375 g/mol. The number of aromatic nitrogens is 2. The molecular formula is C19H12Cl2N2O3. The minimum Gasteiger partial charge on any atom is -0.423 e. The van der Waals surface area contributed by atoms with E-state index in [1.165, 1.54) is 23.0 Å². The lowest BCUT2D eigenvalue weighted by Crippen LogP contribution is -2.22. The first kappa shape index (κ1) is 16.8. The van der Waals surface area contributed by atoms with Gasteiger partial charge in [-0.15, -0.1) is 0 Å². The second-order valence-corrected chi connectivity index (χ2v) is 6.90. The normalized spacial score (nSPS) is 11.3. The van der Waals surface area contributed by atoms with Gasteiger partial charge in [-0.1, -0.05) is 35.3 Å². The van der Waals surface area contributed by atoms with Crippen molar-refractivity contribution in [3.63, 3.8) is 0 Å². The molecule has 0 saturated carbocycles. The molecule has 0 aliphatic heterocycles. The zero-order chi connectivity index (χ0) is 18.4. The van der Waals surface area contributed by atoms with E-state index >= 15 is 0 Å². The van der Waals surface area contributed by atoms with Crippen LogP contribution in [0.25, 0.3) is 21.9 Å². The average molecular weight is 387 g/mol. The van der Waals surface area contributed by atoms with Crippen molar-refractivity contribution in [1.82, 2.24) is 9.55 Å². The molecule has 0 aliphatic rings. The van der Waals surface area contributed by atoms with E-state index in [9.17, 15) is 9.59 Å². The summed E-state index contributed by atoms with van der Waals surface area (Å²) in [6.45, 7) is 2.09. The molecule has 2 aromatic carbocycles. The van der Waals surface area contributed by atoms with Crippen molar-refractivity contribution in [1.29, 1.82) is 0 Å². The Kier molecular flexibility index (Phi) is 4.05. The lowest BCUT2D eigenvalue weighted by Gasteiger charge is -2.10. The summed E-state index contributed by atoms with van der Waals surface area (Å²) in [4.78, 5) is 29.0. The molecule has 5 nitrogen and oxygen atoms in total. The number of hydrogen-bond donors (Lipinski definition) is 0. The summed E-state index contributed by atoms with van der Waals surface area (Å²) in [5.74, 6) is 0. The van der Waals surface area contributed by atoms with E-state index in [1.54, 1.807) is 12.1 Å². The van der Waals surface area contributed by atoms with Crippen LogP contribution in [-0.4, -0.2) is 9.55 Å². The maximum Gasteiger partial charge on any atom is 0.336 e. The third kappa shape index (κ3) is 2.89. The fraction of sp³-hybridized carbons (Fsp3) is 0.105. The van der Waals surface area contributed by atoms with E-state index in [1.807, 2.05) is 19.1 Å². The highest BCUT2D eigenvalue weighted by Crippen LogP contribution is 2.24. The number of nitrogens with zero attached hydrogens (tertiary/aromatic N) is 2. The van der Waals surface area contributed by atoms with Crippen molar-refractivity contribution >= 4 is 45.1 Å². The second kappa shape index (κ2) is 6.27. The van der Waals surface area contributed by atoms with E-state index in [0.29, 0.717) is 32.1 Å². The van der Waals surface area contributed by atoms with Crippen molar-refractivity contribution in [3.05, 3.63) is 84.7 Å². The number of fused-ring (bicyclic) bond motifs is 2. The van der Waals surface area contributed by atoms with Gasteiger partial charge in [-0.05, 0) is 36.2 Å². The van der Waals surface area contributed by atoms with Gasteiger partial charge in [0.1, 0.15) is 5.58 Å². The van der Waals surface area contributed by atoms with Gasteiger partial charge in [0.05, 0.1) is 28.8 Å². The third-order valence-electron chi connectivity index (χ3n) is 4.17. The monoisotopic (exact) mass is 386 g/mol. The third-order valence-corrected chi connectivity index (χ3v) is 4.68. The van der Waals surface area contributed by atoms with Gasteiger partial charge in [-0.3, -0.25) is 9.36 Å². The first-order valence-corrected chi connectivity index (χ1v) is 8.55. The summed E-state index contributed by atoms with van der Waals surface area (Å²) in [6, 6.07) is 10.1. The molecule has 0 bridgehead atoms. The maximum atomic E-state index is 12.8. The Hall–Kier alpha value is -2.63. The average Bonchev–Trinajstić information content (AvgIpc) is 2.57. The summed E-state index contributed by atoms with van der Waals surface area (Å²) in [5.41, 5.74) is 1.78. The molecule has 2 heterocycles. The van der Waals surface area contributed by atoms with Crippen LogP contribution < -0.4 is 11.2 Å². The van der Waals surface area contributed by atoms with Crippen molar-refractivity contribution < 1.29 is 4.42 Å². The fourth-order valence-corrected chi connectivity index (χ4v) is 3.50. The Balaban J connectivity index is 1.91. The quantitative estimate of drug-likeness (QED) is 0.485. The SMILES string of the molecule is Cc1ccc2c(Cn3cnc4c(Cl)cc(Cl)cc4c3=O)cc(=O)oc2c1. The Morgan fingerprint density at radius 2 is 1.88 bits per heavy atom. The van der Waals surface area contributed by atoms with E-state index in [0.717, 1.165) is 10.9 Å². The molecule has 130 valence electrons. The van der Waals surface area contributed by atoms with Crippen molar-refractivity contribution in [2.75, 3.05) is 0 Å². The lowest BCUT2D eigenvalue weighted by molar-refractivity contribution is 0.557. The number of hydrogen-bond acceptors (Lipinski definition) is 4. The van der Waals surface area contributed by atoms with E-state index < -0.39 is 5.63 Å². The van der Waals surface area contributed by atoms with Gasteiger partial charge in [-0.2, -0.15) is 0 Å². The fourth-order valence-electron chi connectivity index (χ4n) is 2.96. The minimum atomic E-state index is -0.467. The number of halogens is 2. The van der Waals surface area contributed by atoms with Gasteiger partial charge < -0.3 is 4.42 Å². The second-order valence-electron chi connectivity index (χ2n) is 6.05. The Labute approximate surface area is 157 Å². The first-order chi connectivity index (χ1) is 12.4. The summed E-state index contributed by atoms with van der Waals surface area (Å²) < 4.78 is 6.68. The molecule has 0 spiro atoms. The van der Waals surface area contributed by atoms with E-state index in [4.69, 9.17) is 27.6 Å². The standard InChI is InChI=1S/C19H12Cl2N2O3/c1-10-2-3-13-11(5-17(24)26-16(13)4-10)8-23-9-22-18-14(19(23)25)6-12(20)7-15(18)21/h2-7,9H,8H2,1H3. The molecule has 0 radical (unpaired) electrons. The maximum absolute atomic E-state index is 12.8. The van der Waals surface area contributed by atoms with Gasteiger partial charge in [0.2, 0.25) is 0 Å². The van der Waals surface area contributed by atoms with Gasteiger partial charge in [0.25, 0.3) is 5.56 Å². The van der Waals surface area contributed by atoms with Gasteiger partial charge in [-0.25, -0.2) is 9.78 Å². The highest BCUT2D eigenvalue weighted by atomic mass is 35.5. The molecule has 2 aromatic heterocycles. The molecule has 0 atom stereocenters. The van der Waals surface area contributed by atoms with E-state index in [-0.39, 0.29) is 12.1 Å². The van der Waals surface area contributed by atoms with Crippen LogP contribution in [0.4, 0.5) is 0 Å². The predicted octanol–water partition coefficient (Wildman–Crippen LogP) is 4.17. The topological polar surface area (TPSA) is 65.1 Å². The molecule has 0 amide bonds. The van der Waals surface area contributed by atoms with Gasteiger partial charge in [0.15, 0.2) is 0 Å². The van der Waals surface area contributed by atoms with Crippen molar-refractivity contribution in [2.24, 2.45) is 0 Å². The molecule has 0 saturated heterocycles. The smallest absolute Gasteiger partial charge is 0.336 e. The number of rotatable bonds is 2. The van der Waals surface area contributed by atoms with Crippen LogP contribution >= 0.6 is 23.2 Å². The van der Waals surface area contributed by atoms with Crippen molar-refractivity contribution in [3.8, 4) is 0 Å². The summed E-state index contributed by atoms with van der Waals surface area (Å²) in [6.07, 6.45) is 1.42. The summed E-state index contributed by atoms with van der Waals surface area (Å²) in [5, 5.41) is 1.78. The largest absolute Gasteiger partial charge is 0.423 e. The van der Waals surface area contributed by atoms with Gasteiger partial charge in [0, 0.05) is 16.5 Å². The molecule has 0 fully saturated rings. The van der Waals surface area contributed by atoms with Crippen LogP contribution in [0.2, 0.25) is 10.0 Å².